The molecule has 0 aromatic heterocycles. The molecular weight excluding hydrogens is 576 g/mol. The lowest BCUT2D eigenvalue weighted by Crippen LogP contribution is -2.38. The van der Waals surface area contributed by atoms with Gasteiger partial charge in [0.25, 0.3) is 0 Å². The van der Waals surface area contributed by atoms with Crippen molar-refractivity contribution in [2.24, 2.45) is 11.8 Å². The number of benzene rings is 3. The summed E-state index contributed by atoms with van der Waals surface area (Å²) in [5.41, 5.74) is 3.71. The molecule has 0 fully saturated rings. The Labute approximate surface area is 262 Å². The Hall–Kier alpha value is -5.06. The summed E-state index contributed by atoms with van der Waals surface area (Å²) in [7, 11) is 1.69. The first kappa shape index (κ1) is 32.8. The molecule has 0 spiro atoms. The summed E-state index contributed by atoms with van der Waals surface area (Å²) in [5.74, 6) is -1.06. The fraction of sp³-hybridized carbons (Fsp3) is 0.353. The van der Waals surface area contributed by atoms with Gasteiger partial charge in [-0.1, -0.05) is 50.2 Å². The summed E-state index contributed by atoms with van der Waals surface area (Å²) in [5, 5.41) is 17.9. The quantitative estimate of drug-likeness (QED) is 0.192. The van der Waals surface area contributed by atoms with Gasteiger partial charge >= 0.3 is 12.0 Å². The van der Waals surface area contributed by atoms with E-state index >= 15 is 0 Å². The first-order valence-corrected chi connectivity index (χ1v) is 14.9. The van der Waals surface area contributed by atoms with E-state index in [2.05, 4.69) is 16.0 Å². The Morgan fingerprint density at radius 3 is 2.31 bits per heavy atom. The van der Waals surface area contributed by atoms with Gasteiger partial charge in [-0.2, -0.15) is 0 Å². The van der Waals surface area contributed by atoms with Gasteiger partial charge in [-0.25, -0.2) is 4.79 Å². The largest absolute Gasteiger partial charge is 0.481 e. The van der Waals surface area contributed by atoms with Crippen LogP contribution in [0.1, 0.15) is 55.8 Å². The van der Waals surface area contributed by atoms with Crippen LogP contribution in [0.25, 0.3) is 0 Å². The highest BCUT2D eigenvalue weighted by molar-refractivity contribution is 6.00. The maximum absolute atomic E-state index is 13.5. The number of carboxylic acids is 1. The molecule has 3 aromatic carbocycles. The summed E-state index contributed by atoms with van der Waals surface area (Å²) in [6.45, 7) is 6.27. The van der Waals surface area contributed by atoms with Crippen LogP contribution in [0.2, 0.25) is 0 Å². The number of aliphatic carboxylic acids is 1. The maximum atomic E-state index is 13.5. The van der Waals surface area contributed by atoms with Gasteiger partial charge in [0.1, 0.15) is 0 Å². The number of carbonyl (C=O) groups excluding carboxylic acids is 3. The van der Waals surface area contributed by atoms with Crippen LogP contribution in [0, 0.1) is 18.8 Å². The molecule has 2 unspecified atom stereocenters. The van der Waals surface area contributed by atoms with E-state index in [-0.39, 0.29) is 37.5 Å². The van der Waals surface area contributed by atoms with Crippen molar-refractivity contribution in [3.63, 3.8) is 0 Å². The average Bonchev–Trinajstić information content (AvgIpc) is 3.46. The molecule has 0 saturated heterocycles. The number of rotatable bonds is 13. The summed E-state index contributed by atoms with van der Waals surface area (Å²) in [6.07, 6.45) is 0.0798. The maximum Gasteiger partial charge on any atom is 0.323 e. The van der Waals surface area contributed by atoms with Gasteiger partial charge in [-0.3, -0.25) is 14.4 Å². The number of ether oxygens (including phenoxy) is 2. The lowest BCUT2D eigenvalue weighted by atomic mass is 9.92. The number of urea groups is 1. The zero-order chi connectivity index (χ0) is 32.5. The second-order valence-corrected chi connectivity index (χ2v) is 11.6. The second-order valence-electron chi connectivity index (χ2n) is 11.6. The van der Waals surface area contributed by atoms with E-state index in [1.165, 1.54) is 0 Å². The number of anilines is 2. The number of carbonyl (C=O) groups is 4. The van der Waals surface area contributed by atoms with E-state index in [0.717, 1.165) is 16.8 Å². The molecule has 2 atom stereocenters. The Balaban J connectivity index is 1.36. The third-order valence-corrected chi connectivity index (χ3v) is 7.45. The molecule has 4 rings (SSSR count). The van der Waals surface area contributed by atoms with E-state index in [1.54, 1.807) is 42.3 Å². The lowest BCUT2D eigenvalue weighted by molar-refractivity contribution is -0.140. The number of hydrogen-bond donors (Lipinski definition) is 4. The zero-order valence-electron chi connectivity index (χ0n) is 26.0. The third-order valence-electron chi connectivity index (χ3n) is 7.45. The van der Waals surface area contributed by atoms with Crippen molar-refractivity contribution in [3.05, 3.63) is 83.4 Å². The fourth-order valence-corrected chi connectivity index (χ4v) is 5.23. The highest BCUT2D eigenvalue weighted by Gasteiger charge is 2.28. The van der Waals surface area contributed by atoms with E-state index in [9.17, 15) is 24.3 Å². The zero-order valence-corrected chi connectivity index (χ0v) is 26.0. The highest BCUT2D eigenvalue weighted by atomic mass is 16.7. The van der Waals surface area contributed by atoms with Crippen LogP contribution in [0.5, 0.6) is 11.5 Å². The molecular formula is C34H40N4O7. The predicted octanol–water partition coefficient (Wildman–Crippen LogP) is 5.71. The summed E-state index contributed by atoms with van der Waals surface area (Å²) < 4.78 is 10.7. The lowest BCUT2D eigenvalue weighted by Gasteiger charge is -2.26. The van der Waals surface area contributed by atoms with Crippen molar-refractivity contribution in [2.75, 3.05) is 24.5 Å². The SMILES string of the molecule is Cc1ccccc1NC(=O)Nc1ccc(CN(C)C(=O)C(CC(=O)NC(CC(=O)O)c2ccc3c(c2)OCO3)CC(C)C)cc1. The van der Waals surface area contributed by atoms with E-state index in [0.29, 0.717) is 35.7 Å². The molecule has 0 bridgehead atoms. The van der Waals surface area contributed by atoms with Crippen molar-refractivity contribution >= 4 is 35.2 Å². The van der Waals surface area contributed by atoms with Gasteiger partial charge in [0, 0.05) is 37.3 Å². The van der Waals surface area contributed by atoms with Crippen LogP contribution in [-0.2, 0) is 20.9 Å². The molecule has 45 heavy (non-hydrogen) atoms. The molecule has 11 nitrogen and oxygen atoms in total. The van der Waals surface area contributed by atoms with Crippen molar-refractivity contribution in [2.45, 2.75) is 52.6 Å². The van der Waals surface area contributed by atoms with E-state index < -0.39 is 23.8 Å². The first-order valence-electron chi connectivity index (χ1n) is 14.9. The molecule has 0 aliphatic carbocycles. The Morgan fingerprint density at radius 1 is 0.911 bits per heavy atom. The molecule has 0 radical (unpaired) electrons. The molecule has 1 aliphatic heterocycles. The summed E-state index contributed by atoms with van der Waals surface area (Å²) in [6, 6.07) is 18.6. The van der Waals surface area contributed by atoms with Gasteiger partial charge in [-0.05, 0) is 66.3 Å². The van der Waals surface area contributed by atoms with E-state index in [4.69, 9.17) is 9.47 Å². The first-order chi connectivity index (χ1) is 21.5. The van der Waals surface area contributed by atoms with Gasteiger partial charge in [0.15, 0.2) is 11.5 Å². The normalized spacial score (nSPS) is 13.1. The van der Waals surface area contributed by atoms with Crippen LogP contribution in [0.3, 0.4) is 0 Å². The Kier molecular flexibility index (Phi) is 11.0. The van der Waals surface area contributed by atoms with Crippen molar-refractivity contribution < 1.29 is 33.8 Å². The number of hydrogen-bond acceptors (Lipinski definition) is 6. The third kappa shape index (κ3) is 9.46. The van der Waals surface area contributed by atoms with Crippen LogP contribution < -0.4 is 25.4 Å². The molecule has 4 N–H and O–H groups in total. The molecule has 4 amide bonds. The minimum absolute atomic E-state index is 0.0773. The van der Waals surface area contributed by atoms with Crippen LogP contribution in [0.15, 0.2) is 66.7 Å². The standard InChI is InChI=1S/C34H40N4O7/c1-21(2)15-25(17-31(39)36-28(18-32(40)41)24-11-14-29-30(16-24)45-20-44-29)33(42)38(4)19-23-9-12-26(13-10-23)35-34(43)37-27-8-6-5-7-22(27)3/h5-14,16,21,25,28H,15,17-20H2,1-4H3,(H,36,39)(H,40,41)(H2,35,37,43). The molecule has 1 heterocycles. The fourth-order valence-electron chi connectivity index (χ4n) is 5.23. The molecule has 0 saturated carbocycles. The average molecular weight is 617 g/mol. The minimum Gasteiger partial charge on any atom is -0.481 e. The second kappa shape index (κ2) is 15.1. The number of nitrogens with one attached hydrogen (secondary N) is 3. The van der Waals surface area contributed by atoms with Gasteiger partial charge in [-0.15, -0.1) is 0 Å². The molecule has 238 valence electrons. The smallest absolute Gasteiger partial charge is 0.323 e. The number of para-hydroxylation sites is 1. The van der Waals surface area contributed by atoms with Crippen LogP contribution in [-0.4, -0.2) is 47.7 Å². The topological polar surface area (TPSA) is 146 Å². The summed E-state index contributed by atoms with van der Waals surface area (Å²) >= 11 is 0. The Morgan fingerprint density at radius 2 is 1.62 bits per heavy atom. The number of amides is 4. The van der Waals surface area contributed by atoms with Crippen molar-refractivity contribution in [1.82, 2.24) is 10.2 Å². The van der Waals surface area contributed by atoms with Gasteiger partial charge in [0.05, 0.1) is 12.5 Å². The minimum atomic E-state index is -1.07. The predicted molar refractivity (Wildman–Crippen MR) is 170 cm³/mol. The van der Waals surface area contributed by atoms with Gasteiger partial charge < -0.3 is 35.4 Å². The number of aryl methyl sites for hydroxylation is 1. The summed E-state index contributed by atoms with van der Waals surface area (Å²) in [4.78, 5) is 52.4. The van der Waals surface area contributed by atoms with Crippen molar-refractivity contribution in [3.8, 4) is 11.5 Å². The van der Waals surface area contributed by atoms with Crippen molar-refractivity contribution in [1.29, 1.82) is 0 Å². The highest BCUT2D eigenvalue weighted by Crippen LogP contribution is 2.35. The Bertz CT molecular complexity index is 1520. The van der Waals surface area contributed by atoms with Gasteiger partial charge in [0.2, 0.25) is 18.6 Å². The monoisotopic (exact) mass is 616 g/mol. The number of fused-ring (bicyclic) bond motifs is 1. The molecule has 1 aliphatic rings. The van der Waals surface area contributed by atoms with Crippen LogP contribution in [0.4, 0.5) is 16.2 Å². The van der Waals surface area contributed by atoms with Crippen LogP contribution >= 0.6 is 0 Å². The molecule has 3 aromatic rings. The van der Waals surface area contributed by atoms with E-state index in [1.807, 2.05) is 57.2 Å². The number of carboxylic acid groups (broad SMARTS) is 1. The molecule has 11 heteroatoms. The number of nitrogens with zero attached hydrogens (tertiary/aromatic N) is 1.